The number of nitriles is 1. The lowest BCUT2D eigenvalue weighted by molar-refractivity contribution is 0.739. The molecule has 9 heavy (non-hydrogen) atoms. The largest absolute Gasteiger partial charge is 0.272 e. The van der Waals surface area contributed by atoms with E-state index in [1.165, 1.54) is 0 Å². The van der Waals surface area contributed by atoms with E-state index >= 15 is 0 Å². The normalized spacial score (nSPS) is 9.00. The van der Waals surface area contributed by atoms with Crippen LogP contribution in [-0.2, 0) is 7.05 Å². The summed E-state index contributed by atoms with van der Waals surface area (Å²) in [6.07, 6.45) is 1.56. The Morgan fingerprint density at radius 3 is 2.67 bits per heavy atom. The maximum atomic E-state index is 8.43. The zero-order valence-corrected chi connectivity index (χ0v) is 5.42. The molecule has 3 nitrogen and oxygen atoms in total. The molecule has 0 spiro atoms. The summed E-state index contributed by atoms with van der Waals surface area (Å²) >= 11 is 0. The van der Waals surface area contributed by atoms with Crippen LogP contribution in [0.15, 0.2) is 6.20 Å². The van der Waals surface area contributed by atoms with Gasteiger partial charge >= 0.3 is 0 Å². The first-order valence-electron chi connectivity index (χ1n) is 2.64. The van der Waals surface area contributed by atoms with Gasteiger partial charge in [0.15, 0.2) is 0 Å². The predicted molar refractivity (Wildman–Crippen MR) is 32.7 cm³/mol. The molecule has 0 saturated heterocycles. The number of aryl methyl sites for hydroxylation is 1. The minimum Gasteiger partial charge on any atom is -0.272 e. The van der Waals surface area contributed by atoms with Gasteiger partial charge in [-0.05, 0) is 6.92 Å². The Bertz CT molecular complexity index is 254. The standard InChI is InChI=1S/C6H7N3/c1-5-6(3-7)4-8-9(5)2/h4H,1-2H3. The van der Waals surface area contributed by atoms with Crippen LogP contribution in [0.1, 0.15) is 11.3 Å². The fraction of sp³-hybridized carbons (Fsp3) is 0.333. The van der Waals surface area contributed by atoms with Crippen LogP contribution in [0.5, 0.6) is 0 Å². The second-order valence-electron chi connectivity index (χ2n) is 1.88. The molecule has 1 aromatic rings. The van der Waals surface area contributed by atoms with Crippen molar-refractivity contribution in [2.45, 2.75) is 6.92 Å². The highest BCUT2D eigenvalue weighted by atomic mass is 15.3. The second-order valence-corrected chi connectivity index (χ2v) is 1.88. The maximum absolute atomic E-state index is 8.43. The number of rotatable bonds is 0. The van der Waals surface area contributed by atoms with E-state index in [0.29, 0.717) is 5.56 Å². The van der Waals surface area contributed by atoms with Crippen LogP contribution in [-0.4, -0.2) is 9.78 Å². The van der Waals surface area contributed by atoms with Crippen molar-refractivity contribution in [1.82, 2.24) is 9.78 Å². The van der Waals surface area contributed by atoms with Crippen LogP contribution < -0.4 is 0 Å². The Labute approximate surface area is 53.5 Å². The summed E-state index contributed by atoms with van der Waals surface area (Å²) in [7, 11) is 1.82. The molecular weight excluding hydrogens is 114 g/mol. The molecule has 0 radical (unpaired) electrons. The Balaban J connectivity index is 3.24. The fourth-order valence-electron chi connectivity index (χ4n) is 0.608. The van der Waals surface area contributed by atoms with Crippen molar-refractivity contribution in [3.8, 4) is 6.07 Å². The molecule has 0 bridgehead atoms. The molecule has 0 atom stereocenters. The van der Waals surface area contributed by atoms with Gasteiger partial charge in [-0.2, -0.15) is 10.4 Å². The molecule has 0 N–H and O–H groups in total. The number of aromatic nitrogens is 2. The molecule has 0 aliphatic heterocycles. The molecular formula is C6H7N3. The maximum Gasteiger partial charge on any atom is 0.103 e. The molecule has 0 unspecified atom stereocenters. The average molecular weight is 121 g/mol. The predicted octanol–water partition coefficient (Wildman–Crippen LogP) is 0.600. The van der Waals surface area contributed by atoms with Gasteiger partial charge in [-0.15, -0.1) is 0 Å². The second kappa shape index (κ2) is 1.90. The van der Waals surface area contributed by atoms with Gasteiger partial charge in [0.2, 0.25) is 0 Å². The highest BCUT2D eigenvalue weighted by Crippen LogP contribution is 2.01. The van der Waals surface area contributed by atoms with Gasteiger partial charge in [-0.1, -0.05) is 0 Å². The monoisotopic (exact) mass is 121 g/mol. The summed E-state index contributed by atoms with van der Waals surface area (Å²) in [5.41, 5.74) is 1.56. The molecule has 1 aromatic heterocycles. The van der Waals surface area contributed by atoms with E-state index < -0.39 is 0 Å². The summed E-state index contributed by atoms with van der Waals surface area (Å²) in [5, 5.41) is 12.3. The Hall–Kier alpha value is -1.30. The summed E-state index contributed by atoms with van der Waals surface area (Å²) in [6, 6.07) is 2.03. The Morgan fingerprint density at radius 2 is 2.44 bits per heavy atom. The molecule has 46 valence electrons. The SMILES string of the molecule is Cc1c(C#N)cnn1C. The third-order valence-corrected chi connectivity index (χ3v) is 1.36. The third-order valence-electron chi connectivity index (χ3n) is 1.36. The minimum absolute atomic E-state index is 0.650. The van der Waals surface area contributed by atoms with Gasteiger partial charge in [-0.25, -0.2) is 0 Å². The molecule has 3 heteroatoms. The van der Waals surface area contributed by atoms with Crippen LogP contribution in [0.25, 0.3) is 0 Å². The first-order valence-corrected chi connectivity index (χ1v) is 2.64. The van der Waals surface area contributed by atoms with Crippen molar-refractivity contribution >= 4 is 0 Å². The highest BCUT2D eigenvalue weighted by molar-refractivity contribution is 5.29. The van der Waals surface area contributed by atoms with Gasteiger partial charge < -0.3 is 0 Å². The van der Waals surface area contributed by atoms with E-state index in [1.54, 1.807) is 10.9 Å². The molecule has 1 rings (SSSR count). The average Bonchev–Trinajstić information content (AvgIpc) is 2.15. The minimum atomic E-state index is 0.650. The lowest BCUT2D eigenvalue weighted by atomic mass is 10.3. The van der Waals surface area contributed by atoms with Crippen molar-refractivity contribution in [1.29, 1.82) is 5.26 Å². The number of nitrogens with zero attached hydrogens (tertiary/aromatic N) is 3. The third kappa shape index (κ3) is 0.789. The zero-order valence-electron chi connectivity index (χ0n) is 5.42. The van der Waals surface area contributed by atoms with Crippen LogP contribution >= 0.6 is 0 Å². The van der Waals surface area contributed by atoms with Crippen LogP contribution in [0.3, 0.4) is 0 Å². The molecule has 0 fully saturated rings. The number of hydrogen-bond acceptors (Lipinski definition) is 2. The van der Waals surface area contributed by atoms with E-state index in [-0.39, 0.29) is 0 Å². The van der Waals surface area contributed by atoms with Crippen LogP contribution in [0, 0.1) is 18.3 Å². The van der Waals surface area contributed by atoms with Crippen molar-refractivity contribution in [3.05, 3.63) is 17.5 Å². The first kappa shape index (κ1) is 5.83. The Kier molecular flexibility index (Phi) is 1.23. The number of hydrogen-bond donors (Lipinski definition) is 0. The van der Waals surface area contributed by atoms with Crippen molar-refractivity contribution in [2.24, 2.45) is 7.05 Å². The van der Waals surface area contributed by atoms with Gasteiger partial charge in [0.25, 0.3) is 0 Å². The molecule has 0 aliphatic carbocycles. The van der Waals surface area contributed by atoms with E-state index in [4.69, 9.17) is 5.26 Å². The zero-order chi connectivity index (χ0) is 6.85. The van der Waals surface area contributed by atoms with Crippen LogP contribution in [0.4, 0.5) is 0 Å². The summed E-state index contributed by atoms with van der Waals surface area (Å²) < 4.78 is 1.68. The van der Waals surface area contributed by atoms with Gasteiger partial charge in [0.1, 0.15) is 6.07 Å². The highest BCUT2D eigenvalue weighted by Gasteiger charge is 1.99. The van der Waals surface area contributed by atoms with Crippen molar-refractivity contribution in [3.63, 3.8) is 0 Å². The first-order chi connectivity index (χ1) is 4.25. The smallest absolute Gasteiger partial charge is 0.103 e. The summed E-state index contributed by atoms with van der Waals surface area (Å²) in [4.78, 5) is 0. The summed E-state index contributed by atoms with van der Waals surface area (Å²) in [6.45, 7) is 1.87. The van der Waals surface area contributed by atoms with Crippen molar-refractivity contribution in [2.75, 3.05) is 0 Å². The van der Waals surface area contributed by atoms with Gasteiger partial charge in [-0.3, -0.25) is 4.68 Å². The Morgan fingerprint density at radius 1 is 1.78 bits per heavy atom. The van der Waals surface area contributed by atoms with E-state index in [2.05, 4.69) is 5.10 Å². The van der Waals surface area contributed by atoms with E-state index in [9.17, 15) is 0 Å². The topological polar surface area (TPSA) is 41.6 Å². The van der Waals surface area contributed by atoms with Crippen molar-refractivity contribution < 1.29 is 0 Å². The van der Waals surface area contributed by atoms with Gasteiger partial charge in [0.05, 0.1) is 17.5 Å². The molecule has 0 saturated carbocycles. The van der Waals surface area contributed by atoms with E-state index in [1.807, 2.05) is 20.0 Å². The molecule has 0 aromatic carbocycles. The fourth-order valence-corrected chi connectivity index (χ4v) is 0.608. The van der Waals surface area contributed by atoms with E-state index in [0.717, 1.165) is 5.69 Å². The molecule has 0 aliphatic rings. The lowest BCUT2D eigenvalue weighted by Crippen LogP contribution is -1.92. The van der Waals surface area contributed by atoms with Gasteiger partial charge in [0, 0.05) is 7.05 Å². The lowest BCUT2D eigenvalue weighted by Gasteiger charge is -1.89. The quantitative estimate of drug-likeness (QED) is 0.504. The molecule has 1 heterocycles. The summed E-state index contributed by atoms with van der Waals surface area (Å²) in [5.74, 6) is 0. The van der Waals surface area contributed by atoms with Crippen LogP contribution in [0.2, 0.25) is 0 Å². The molecule has 0 amide bonds.